The molecule has 128 valence electrons. The maximum absolute atomic E-state index is 13.2. The van der Waals surface area contributed by atoms with Gasteiger partial charge in [0.15, 0.2) is 0 Å². The van der Waals surface area contributed by atoms with Crippen molar-refractivity contribution in [2.45, 2.75) is 38.3 Å². The molecule has 2 nitrogen and oxygen atoms in total. The lowest BCUT2D eigenvalue weighted by molar-refractivity contribution is 0.309. The fourth-order valence-corrected chi connectivity index (χ4v) is 4.56. The van der Waals surface area contributed by atoms with Crippen molar-refractivity contribution in [2.24, 2.45) is 0 Å². The second kappa shape index (κ2) is 5.43. The lowest BCUT2D eigenvalue weighted by Crippen LogP contribution is -2.27. The van der Waals surface area contributed by atoms with Gasteiger partial charge < -0.3 is 9.47 Å². The van der Waals surface area contributed by atoms with Gasteiger partial charge in [0.2, 0.25) is 0 Å². The number of hydrogen-bond donors (Lipinski definition) is 0. The number of benzene rings is 2. The predicted octanol–water partition coefficient (Wildman–Crippen LogP) is 4.81. The van der Waals surface area contributed by atoms with Crippen molar-refractivity contribution in [3.05, 3.63) is 70.7 Å². The Hall–Kier alpha value is -2.13. The Balaban J connectivity index is 1.61. The summed E-state index contributed by atoms with van der Waals surface area (Å²) in [7, 11) is 2.21. The molecule has 1 aromatic heterocycles. The van der Waals surface area contributed by atoms with Crippen LogP contribution in [-0.4, -0.2) is 23.1 Å². The first-order valence-electron chi connectivity index (χ1n) is 9.18. The molecule has 1 aliphatic heterocycles. The minimum absolute atomic E-state index is 0.150. The van der Waals surface area contributed by atoms with Gasteiger partial charge in [0.1, 0.15) is 5.82 Å². The summed E-state index contributed by atoms with van der Waals surface area (Å²) in [5.74, 6) is 0.365. The summed E-state index contributed by atoms with van der Waals surface area (Å²) in [6.45, 7) is 4.33. The van der Waals surface area contributed by atoms with Crippen LogP contribution in [0.5, 0.6) is 0 Å². The summed E-state index contributed by atoms with van der Waals surface area (Å²) >= 11 is 0. The van der Waals surface area contributed by atoms with Gasteiger partial charge in [-0.25, -0.2) is 4.39 Å². The molecule has 1 fully saturated rings. The van der Waals surface area contributed by atoms with Gasteiger partial charge in [-0.1, -0.05) is 23.8 Å². The van der Waals surface area contributed by atoms with Crippen LogP contribution in [0.2, 0.25) is 0 Å². The van der Waals surface area contributed by atoms with Gasteiger partial charge >= 0.3 is 0 Å². The van der Waals surface area contributed by atoms with Crippen LogP contribution < -0.4 is 0 Å². The van der Waals surface area contributed by atoms with E-state index >= 15 is 0 Å². The second-order valence-corrected chi connectivity index (χ2v) is 7.76. The van der Waals surface area contributed by atoms with E-state index < -0.39 is 0 Å². The smallest absolute Gasteiger partial charge is 0.123 e. The highest BCUT2D eigenvalue weighted by Crippen LogP contribution is 2.54. The van der Waals surface area contributed by atoms with Crippen molar-refractivity contribution in [1.29, 1.82) is 0 Å². The van der Waals surface area contributed by atoms with E-state index in [1.165, 1.54) is 33.3 Å². The minimum Gasteiger partial charge on any atom is -0.341 e. The lowest BCUT2D eigenvalue weighted by atomic mass is 10.0. The van der Waals surface area contributed by atoms with Gasteiger partial charge in [-0.05, 0) is 55.8 Å². The first-order valence-corrected chi connectivity index (χ1v) is 9.18. The zero-order chi connectivity index (χ0) is 17.1. The summed E-state index contributed by atoms with van der Waals surface area (Å²) in [6.07, 6.45) is 2.28. The molecule has 2 unspecified atom stereocenters. The van der Waals surface area contributed by atoms with E-state index in [-0.39, 0.29) is 5.82 Å². The van der Waals surface area contributed by atoms with Crippen molar-refractivity contribution in [1.82, 2.24) is 9.47 Å². The fraction of sp³-hybridized carbons (Fsp3) is 0.364. The second-order valence-electron chi connectivity index (χ2n) is 7.76. The Kier molecular flexibility index (Phi) is 3.29. The molecule has 3 heteroatoms. The number of halogens is 1. The zero-order valence-corrected chi connectivity index (χ0v) is 14.8. The molecule has 3 aromatic rings. The predicted molar refractivity (Wildman–Crippen MR) is 99.5 cm³/mol. The lowest BCUT2D eigenvalue weighted by Gasteiger charge is -2.24. The number of nitrogens with zero attached hydrogens (tertiary/aromatic N) is 2. The summed E-state index contributed by atoms with van der Waals surface area (Å²) in [4.78, 5) is 2.42. The Bertz CT molecular complexity index is 954. The normalized spacial score (nSPS) is 23.0. The Morgan fingerprint density at radius 1 is 1.08 bits per heavy atom. The molecular formula is C22H23FN2. The van der Waals surface area contributed by atoms with E-state index in [1.807, 2.05) is 12.1 Å². The van der Waals surface area contributed by atoms with Crippen LogP contribution in [0.3, 0.4) is 0 Å². The van der Waals surface area contributed by atoms with Gasteiger partial charge in [-0.2, -0.15) is 0 Å². The molecule has 0 bridgehead atoms. The molecule has 0 spiro atoms. The topological polar surface area (TPSA) is 8.17 Å². The maximum Gasteiger partial charge on any atom is 0.123 e. The van der Waals surface area contributed by atoms with Crippen molar-refractivity contribution in [2.75, 3.05) is 13.6 Å². The molecule has 2 atom stereocenters. The van der Waals surface area contributed by atoms with E-state index in [9.17, 15) is 4.39 Å². The van der Waals surface area contributed by atoms with Crippen LogP contribution in [0.1, 0.15) is 40.8 Å². The zero-order valence-electron chi connectivity index (χ0n) is 14.8. The molecule has 0 amide bonds. The highest BCUT2D eigenvalue weighted by Gasteiger charge is 2.42. The number of likely N-dealkylation sites (N-methyl/N-ethyl adjacent to an activating group) is 1. The molecule has 2 heterocycles. The molecule has 0 radical (unpaired) electrons. The third-order valence-corrected chi connectivity index (χ3v) is 5.92. The third-order valence-electron chi connectivity index (χ3n) is 5.92. The quantitative estimate of drug-likeness (QED) is 0.653. The summed E-state index contributed by atoms with van der Waals surface area (Å²) in [5.41, 5.74) is 7.00. The number of aromatic nitrogens is 1. The van der Waals surface area contributed by atoms with Crippen LogP contribution in [0, 0.1) is 12.7 Å². The number of rotatable bonds is 2. The molecule has 2 aliphatic rings. The number of hydrogen-bond acceptors (Lipinski definition) is 1. The van der Waals surface area contributed by atoms with Crippen LogP contribution in [0.25, 0.3) is 10.9 Å². The fourth-order valence-electron chi connectivity index (χ4n) is 4.56. The third kappa shape index (κ3) is 2.41. The van der Waals surface area contributed by atoms with Crippen LogP contribution in [0.4, 0.5) is 4.39 Å². The van der Waals surface area contributed by atoms with E-state index in [2.05, 4.69) is 41.6 Å². The van der Waals surface area contributed by atoms with Crippen molar-refractivity contribution in [3.63, 3.8) is 0 Å². The summed E-state index contributed by atoms with van der Waals surface area (Å²) in [6, 6.07) is 14.5. The monoisotopic (exact) mass is 334 g/mol. The van der Waals surface area contributed by atoms with E-state index in [0.717, 1.165) is 25.9 Å². The molecule has 1 saturated carbocycles. The van der Waals surface area contributed by atoms with E-state index in [4.69, 9.17) is 0 Å². The molecule has 5 rings (SSSR count). The maximum atomic E-state index is 13.2. The van der Waals surface area contributed by atoms with Crippen molar-refractivity contribution >= 4 is 10.9 Å². The van der Waals surface area contributed by atoms with E-state index in [0.29, 0.717) is 12.0 Å². The van der Waals surface area contributed by atoms with Crippen molar-refractivity contribution < 1.29 is 4.39 Å². The minimum atomic E-state index is -0.150. The van der Waals surface area contributed by atoms with Gasteiger partial charge in [-0.3, -0.25) is 0 Å². The molecule has 0 N–H and O–H groups in total. The molecule has 25 heavy (non-hydrogen) atoms. The first-order chi connectivity index (χ1) is 12.1. The highest BCUT2D eigenvalue weighted by molar-refractivity contribution is 5.87. The Morgan fingerprint density at radius 3 is 2.68 bits per heavy atom. The number of fused-ring (bicyclic) bond motifs is 3. The van der Waals surface area contributed by atoms with Crippen LogP contribution in [-0.2, 0) is 13.0 Å². The Labute approximate surface area is 147 Å². The number of aryl methyl sites for hydroxylation is 1. The average Bonchev–Trinajstić information content (AvgIpc) is 3.32. The Morgan fingerprint density at radius 2 is 1.88 bits per heavy atom. The van der Waals surface area contributed by atoms with Crippen LogP contribution in [0.15, 0.2) is 42.5 Å². The molecule has 2 aromatic carbocycles. The molecule has 0 saturated heterocycles. The van der Waals surface area contributed by atoms with Gasteiger partial charge in [0.25, 0.3) is 0 Å². The first kappa shape index (κ1) is 15.2. The van der Waals surface area contributed by atoms with Gasteiger partial charge in [0, 0.05) is 48.1 Å². The SMILES string of the molecule is Cc1ccc2c(c1)c1c(n2C2CC2c2ccc(F)cc2)CCN(C)C1. The van der Waals surface area contributed by atoms with Crippen LogP contribution >= 0.6 is 0 Å². The largest absolute Gasteiger partial charge is 0.341 e. The van der Waals surface area contributed by atoms with E-state index in [1.54, 1.807) is 12.1 Å². The van der Waals surface area contributed by atoms with Gasteiger partial charge in [-0.15, -0.1) is 0 Å². The summed E-state index contributed by atoms with van der Waals surface area (Å²) < 4.78 is 15.8. The summed E-state index contributed by atoms with van der Waals surface area (Å²) in [5, 5.41) is 1.42. The van der Waals surface area contributed by atoms with Crippen molar-refractivity contribution in [3.8, 4) is 0 Å². The highest BCUT2D eigenvalue weighted by atomic mass is 19.1. The molecule has 1 aliphatic carbocycles. The standard InChI is InChI=1S/C22H23FN2/c1-14-3-8-20-18(11-14)19-13-24(2)10-9-21(19)25(20)22-12-17(22)15-4-6-16(23)7-5-15/h3-8,11,17,22H,9-10,12-13H2,1-2H3. The average molecular weight is 334 g/mol. The van der Waals surface area contributed by atoms with Gasteiger partial charge in [0.05, 0.1) is 0 Å². The molecular weight excluding hydrogens is 311 g/mol.